The summed E-state index contributed by atoms with van der Waals surface area (Å²) in [5.74, 6) is 0.505. The lowest BCUT2D eigenvalue weighted by molar-refractivity contribution is 0.759. The van der Waals surface area contributed by atoms with Gasteiger partial charge in [0, 0.05) is 43.5 Å². The van der Waals surface area contributed by atoms with Crippen molar-refractivity contribution in [2.75, 3.05) is 29.9 Å². The van der Waals surface area contributed by atoms with E-state index >= 15 is 0 Å². The van der Waals surface area contributed by atoms with Crippen LogP contribution < -0.4 is 26.6 Å². The molecule has 0 saturated carbocycles. The summed E-state index contributed by atoms with van der Waals surface area (Å²) >= 11 is 6.09. The van der Waals surface area contributed by atoms with Gasteiger partial charge in [-0.3, -0.25) is 5.41 Å². The highest BCUT2D eigenvalue weighted by Crippen LogP contribution is 2.39. The Bertz CT molecular complexity index is 875. The number of nitrogens with one attached hydrogen (secondary N) is 2. The van der Waals surface area contributed by atoms with Crippen LogP contribution in [0.3, 0.4) is 0 Å². The molecule has 1 atom stereocenters. The molecule has 7 heteroatoms. The molecule has 0 saturated heterocycles. The van der Waals surface area contributed by atoms with Gasteiger partial charge in [-0.25, -0.2) is 0 Å². The third kappa shape index (κ3) is 3.99. The van der Waals surface area contributed by atoms with Crippen molar-refractivity contribution in [1.82, 2.24) is 5.32 Å². The van der Waals surface area contributed by atoms with Crippen molar-refractivity contribution in [2.45, 2.75) is 19.5 Å². The van der Waals surface area contributed by atoms with Gasteiger partial charge in [0.1, 0.15) is 5.84 Å². The van der Waals surface area contributed by atoms with Gasteiger partial charge in [-0.15, -0.1) is 0 Å². The molecule has 3 rings (SSSR count). The Morgan fingerprint density at radius 2 is 1.96 bits per heavy atom. The molecule has 0 spiro atoms. The summed E-state index contributed by atoms with van der Waals surface area (Å²) in [6.07, 6.45) is 2.20. The minimum absolute atomic E-state index is 0.302. The number of hydrogen-bond donors (Lipinski definition) is 4. The minimum Gasteiger partial charge on any atom is -0.394 e. The zero-order valence-electron chi connectivity index (χ0n) is 16.2. The standard InChI is InChI=1S/C21H27ClN6/c1-14(24)28-19-8-3-15(16(12-23)13-26-2)11-20(19)27(10-9-21(28)25)18-6-4-17(22)5-7-18/h3-8,11,13-14,25-26H,9-10,12,23-24H2,1-2H3/b16-13+,25-21?. The van der Waals surface area contributed by atoms with Crippen LogP contribution in [0.4, 0.5) is 17.1 Å². The lowest BCUT2D eigenvalue weighted by atomic mass is 10.0. The van der Waals surface area contributed by atoms with Crippen LogP contribution in [-0.4, -0.2) is 32.1 Å². The molecule has 6 nitrogen and oxygen atoms in total. The monoisotopic (exact) mass is 398 g/mol. The van der Waals surface area contributed by atoms with Crippen LogP contribution in [0, 0.1) is 5.41 Å². The molecule has 6 N–H and O–H groups in total. The molecule has 1 unspecified atom stereocenters. The number of fused-ring (bicyclic) bond motifs is 1. The second-order valence-electron chi connectivity index (χ2n) is 6.80. The van der Waals surface area contributed by atoms with Crippen LogP contribution in [0.2, 0.25) is 5.02 Å². The molecule has 2 aromatic rings. The number of anilines is 3. The average Bonchev–Trinajstić information content (AvgIpc) is 2.82. The number of nitrogens with zero attached hydrogens (tertiary/aromatic N) is 2. The molecular weight excluding hydrogens is 372 g/mol. The maximum absolute atomic E-state index is 8.53. The first-order valence-corrected chi connectivity index (χ1v) is 9.70. The van der Waals surface area contributed by atoms with Crippen molar-refractivity contribution in [2.24, 2.45) is 11.5 Å². The average molecular weight is 399 g/mol. The van der Waals surface area contributed by atoms with Crippen LogP contribution in [-0.2, 0) is 0 Å². The maximum Gasteiger partial charge on any atom is 0.103 e. The van der Waals surface area contributed by atoms with Gasteiger partial charge in [0.25, 0.3) is 0 Å². The number of benzene rings is 2. The lowest BCUT2D eigenvalue weighted by Crippen LogP contribution is -2.43. The third-order valence-corrected chi connectivity index (χ3v) is 5.10. The van der Waals surface area contributed by atoms with E-state index in [1.807, 2.05) is 61.5 Å². The zero-order valence-corrected chi connectivity index (χ0v) is 17.0. The van der Waals surface area contributed by atoms with E-state index < -0.39 is 0 Å². The summed E-state index contributed by atoms with van der Waals surface area (Å²) in [4.78, 5) is 4.10. The third-order valence-electron chi connectivity index (χ3n) is 4.84. The second kappa shape index (κ2) is 8.65. The van der Waals surface area contributed by atoms with Crippen LogP contribution in [0.1, 0.15) is 18.9 Å². The number of nitrogens with two attached hydrogens (primary N) is 2. The van der Waals surface area contributed by atoms with Crippen LogP contribution >= 0.6 is 11.6 Å². The largest absolute Gasteiger partial charge is 0.394 e. The van der Waals surface area contributed by atoms with E-state index in [4.69, 9.17) is 28.5 Å². The molecule has 0 aliphatic carbocycles. The Labute approximate surface area is 171 Å². The Balaban J connectivity index is 2.19. The van der Waals surface area contributed by atoms with E-state index in [1.165, 1.54) is 0 Å². The van der Waals surface area contributed by atoms with Gasteiger partial charge in [0.05, 0.1) is 17.5 Å². The van der Waals surface area contributed by atoms with Crippen molar-refractivity contribution >= 4 is 40.1 Å². The highest BCUT2D eigenvalue weighted by molar-refractivity contribution is 6.30. The first kappa shape index (κ1) is 20.2. The smallest absolute Gasteiger partial charge is 0.103 e. The fourth-order valence-corrected chi connectivity index (χ4v) is 3.66. The van der Waals surface area contributed by atoms with Gasteiger partial charge >= 0.3 is 0 Å². The first-order chi connectivity index (χ1) is 13.5. The summed E-state index contributed by atoms with van der Waals surface area (Å²) in [7, 11) is 1.86. The molecule has 0 amide bonds. The van der Waals surface area contributed by atoms with E-state index in [0.29, 0.717) is 30.4 Å². The van der Waals surface area contributed by atoms with E-state index in [-0.39, 0.29) is 6.17 Å². The Hall–Kier alpha value is -2.54. The molecule has 0 fully saturated rings. The number of rotatable bonds is 5. The van der Waals surface area contributed by atoms with Crippen molar-refractivity contribution < 1.29 is 0 Å². The van der Waals surface area contributed by atoms with Gasteiger partial charge in [-0.1, -0.05) is 17.7 Å². The predicted molar refractivity (Wildman–Crippen MR) is 119 cm³/mol. The summed E-state index contributed by atoms with van der Waals surface area (Å²) in [5.41, 5.74) is 17.2. The minimum atomic E-state index is -0.302. The van der Waals surface area contributed by atoms with E-state index in [9.17, 15) is 0 Å². The summed E-state index contributed by atoms with van der Waals surface area (Å²) in [5, 5.41) is 12.3. The Kier molecular flexibility index (Phi) is 6.24. The summed E-state index contributed by atoms with van der Waals surface area (Å²) in [6.45, 7) is 3.00. The number of hydrogen-bond acceptors (Lipinski definition) is 5. The van der Waals surface area contributed by atoms with Crippen LogP contribution in [0.25, 0.3) is 5.57 Å². The molecule has 0 aromatic heterocycles. The van der Waals surface area contributed by atoms with Gasteiger partial charge < -0.3 is 26.6 Å². The second-order valence-corrected chi connectivity index (χ2v) is 7.24. The van der Waals surface area contributed by atoms with E-state index in [0.717, 1.165) is 28.2 Å². The first-order valence-electron chi connectivity index (χ1n) is 9.32. The van der Waals surface area contributed by atoms with Gasteiger partial charge in [0.15, 0.2) is 0 Å². The normalized spacial score (nSPS) is 15.9. The lowest BCUT2D eigenvalue weighted by Gasteiger charge is -2.30. The van der Waals surface area contributed by atoms with Gasteiger partial charge in [-0.2, -0.15) is 0 Å². The number of halogens is 1. The van der Waals surface area contributed by atoms with Crippen molar-refractivity contribution in [1.29, 1.82) is 5.41 Å². The molecule has 0 bridgehead atoms. The van der Waals surface area contributed by atoms with E-state index in [1.54, 1.807) is 0 Å². The topological polar surface area (TPSA) is 94.4 Å². The summed E-state index contributed by atoms with van der Waals surface area (Å²) in [6, 6.07) is 13.9. The predicted octanol–water partition coefficient (Wildman–Crippen LogP) is 3.49. The summed E-state index contributed by atoms with van der Waals surface area (Å²) < 4.78 is 0. The van der Waals surface area contributed by atoms with Gasteiger partial charge in [-0.05, 0) is 54.5 Å². The fourth-order valence-electron chi connectivity index (χ4n) is 3.54. The van der Waals surface area contributed by atoms with Crippen LogP contribution in [0.15, 0.2) is 48.7 Å². The number of amidine groups is 1. The Morgan fingerprint density at radius 3 is 2.57 bits per heavy atom. The highest BCUT2D eigenvalue weighted by atomic mass is 35.5. The fraction of sp³-hybridized carbons (Fsp3) is 0.286. The molecule has 1 aliphatic rings. The van der Waals surface area contributed by atoms with Gasteiger partial charge in [0.2, 0.25) is 0 Å². The molecule has 1 heterocycles. The van der Waals surface area contributed by atoms with E-state index in [2.05, 4.69) is 16.3 Å². The van der Waals surface area contributed by atoms with Crippen molar-refractivity contribution in [3.8, 4) is 0 Å². The molecular formula is C21H27ClN6. The SMILES string of the molecule is CN/C=C(\CN)c1ccc2c(c1)N(c1ccc(Cl)cc1)CCC(=N)N2C(C)N. The zero-order chi connectivity index (χ0) is 20.3. The molecule has 1 aliphatic heterocycles. The molecule has 0 radical (unpaired) electrons. The highest BCUT2D eigenvalue weighted by Gasteiger charge is 2.27. The van der Waals surface area contributed by atoms with Crippen molar-refractivity contribution in [3.05, 3.63) is 59.3 Å². The quantitative estimate of drug-likeness (QED) is 0.618. The molecule has 148 valence electrons. The maximum atomic E-state index is 8.53. The van der Waals surface area contributed by atoms with Crippen LogP contribution in [0.5, 0.6) is 0 Å². The van der Waals surface area contributed by atoms with Crippen molar-refractivity contribution in [3.63, 3.8) is 0 Å². The Morgan fingerprint density at radius 1 is 1.25 bits per heavy atom. The molecule has 28 heavy (non-hydrogen) atoms. The molecule has 2 aromatic carbocycles.